The van der Waals surface area contributed by atoms with Crippen LogP contribution in [0, 0.1) is 12.3 Å². The molecule has 1 heterocycles. The van der Waals surface area contributed by atoms with Gasteiger partial charge in [0.1, 0.15) is 0 Å². The molecule has 3 aromatic rings. The number of carbonyl (C=O) groups is 1. The Balaban J connectivity index is 1.86. The van der Waals surface area contributed by atoms with Gasteiger partial charge in [0.2, 0.25) is 0 Å². The van der Waals surface area contributed by atoms with Crippen LogP contribution >= 0.6 is 0 Å². The normalized spacial score (nSPS) is 10.4. The first-order valence-electron chi connectivity index (χ1n) is 7.26. The zero-order valence-corrected chi connectivity index (χ0v) is 12.5. The Labute approximate surface area is 134 Å². The summed E-state index contributed by atoms with van der Waals surface area (Å²) >= 11 is 0. The van der Waals surface area contributed by atoms with E-state index in [9.17, 15) is 4.79 Å². The summed E-state index contributed by atoms with van der Waals surface area (Å²) < 4.78 is 2.04. The molecule has 0 unspecified atom stereocenters. The molecule has 1 aromatic heterocycles. The van der Waals surface area contributed by atoms with E-state index in [1.807, 2.05) is 35.0 Å². The second-order valence-electron chi connectivity index (χ2n) is 5.24. The Kier molecular flexibility index (Phi) is 4.03. The highest BCUT2D eigenvalue weighted by Gasteiger charge is 2.08. The molecule has 4 heteroatoms. The fraction of sp³-hybridized carbons (Fsp3) is 0.105. The highest BCUT2D eigenvalue weighted by atomic mass is 16.4. The van der Waals surface area contributed by atoms with Crippen molar-refractivity contribution in [1.82, 2.24) is 4.57 Å². The number of aromatic carboxylic acids is 1. The Hall–Kier alpha value is -3.19. The number of para-hydroxylation sites is 1. The SMILES string of the molecule is C#CCn1cc(CNc2cccc(C(=O)O)c2)c2ccccc21. The topological polar surface area (TPSA) is 54.3 Å². The summed E-state index contributed by atoms with van der Waals surface area (Å²) in [5, 5.41) is 13.5. The molecule has 0 amide bonds. The van der Waals surface area contributed by atoms with Crippen molar-refractivity contribution in [2.45, 2.75) is 13.1 Å². The van der Waals surface area contributed by atoms with Gasteiger partial charge in [-0.2, -0.15) is 0 Å². The van der Waals surface area contributed by atoms with Gasteiger partial charge >= 0.3 is 5.97 Å². The van der Waals surface area contributed by atoms with E-state index in [0.29, 0.717) is 13.1 Å². The molecule has 0 aliphatic carbocycles. The number of aromatic nitrogens is 1. The lowest BCUT2D eigenvalue weighted by atomic mass is 10.1. The summed E-state index contributed by atoms with van der Waals surface area (Å²) in [4.78, 5) is 11.0. The maximum absolute atomic E-state index is 11.0. The zero-order chi connectivity index (χ0) is 16.2. The van der Waals surface area contributed by atoms with Crippen LogP contribution in [-0.2, 0) is 13.1 Å². The van der Waals surface area contributed by atoms with Gasteiger partial charge < -0.3 is 15.0 Å². The molecule has 0 fully saturated rings. The number of carboxylic acid groups (broad SMARTS) is 1. The number of benzene rings is 2. The minimum atomic E-state index is -0.931. The average Bonchev–Trinajstić information content (AvgIpc) is 2.92. The molecule has 0 spiro atoms. The van der Waals surface area contributed by atoms with Crippen LogP contribution < -0.4 is 5.32 Å². The lowest BCUT2D eigenvalue weighted by Gasteiger charge is -2.06. The molecule has 0 saturated heterocycles. The number of nitrogens with zero attached hydrogens (tertiary/aromatic N) is 1. The predicted octanol–water partition coefficient (Wildman–Crippen LogP) is 3.58. The Morgan fingerprint density at radius 1 is 1.22 bits per heavy atom. The van der Waals surface area contributed by atoms with Gasteiger partial charge in [0.25, 0.3) is 0 Å². The summed E-state index contributed by atoms with van der Waals surface area (Å²) in [6.07, 6.45) is 7.47. The van der Waals surface area contributed by atoms with E-state index in [1.165, 1.54) is 0 Å². The molecular formula is C19H16N2O2. The van der Waals surface area contributed by atoms with Crippen molar-refractivity contribution >= 4 is 22.6 Å². The van der Waals surface area contributed by atoms with Gasteiger partial charge in [0.15, 0.2) is 0 Å². The van der Waals surface area contributed by atoms with Crippen molar-refractivity contribution in [2.24, 2.45) is 0 Å². The van der Waals surface area contributed by atoms with Gasteiger partial charge in [-0.1, -0.05) is 30.2 Å². The van der Waals surface area contributed by atoms with Crippen LogP contribution in [0.3, 0.4) is 0 Å². The number of fused-ring (bicyclic) bond motifs is 1. The predicted molar refractivity (Wildman–Crippen MR) is 91.5 cm³/mol. The summed E-state index contributed by atoms with van der Waals surface area (Å²) in [5.41, 5.74) is 3.27. The molecule has 0 atom stereocenters. The molecule has 23 heavy (non-hydrogen) atoms. The van der Waals surface area contributed by atoms with Crippen molar-refractivity contribution in [3.05, 3.63) is 65.9 Å². The Bertz CT molecular complexity index is 903. The summed E-state index contributed by atoms with van der Waals surface area (Å²) in [5.74, 6) is 1.73. The number of hydrogen-bond donors (Lipinski definition) is 2. The number of terminal acetylenes is 1. The van der Waals surface area contributed by atoms with E-state index < -0.39 is 5.97 Å². The van der Waals surface area contributed by atoms with Crippen LogP contribution in [0.4, 0.5) is 5.69 Å². The van der Waals surface area contributed by atoms with Gasteiger partial charge in [-0.25, -0.2) is 4.79 Å². The maximum Gasteiger partial charge on any atom is 0.335 e. The monoisotopic (exact) mass is 304 g/mol. The van der Waals surface area contributed by atoms with Crippen LogP contribution in [0.2, 0.25) is 0 Å². The van der Waals surface area contributed by atoms with Crippen molar-refractivity contribution in [1.29, 1.82) is 0 Å². The van der Waals surface area contributed by atoms with E-state index in [4.69, 9.17) is 11.5 Å². The minimum absolute atomic E-state index is 0.268. The third-order valence-corrected chi connectivity index (χ3v) is 3.73. The van der Waals surface area contributed by atoms with Gasteiger partial charge in [0, 0.05) is 29.3 Å². The van der Waals surface area contributed by atoms with Crippen molar-refractivity contribution in [2.75, 3.05) is 5.32 Å². The average molecular weight is 304 g/mol. The second kappa shape index (κ2) is 6.29. The molecule has 4 nitrogen and oxygen atoms in total. The molecule has 0 bridgehead atoms. The molecule has 3 rings (SSSR count). The third-order valence-electron chi connectivity index (χ3n) is 3.73. The number of nitrogens with one attached hydrogen (secondary N) is 1. The summed E-state index contributed by atoms with van der Waals surface area (Å²) in [7, 11) is 0. The third kappa shape index (κ3) is 3.04. The van der Waals surface area contributed by atoms with E-state index in [0.717, 1.165) is 22.2 Å². The molecule has 2 aromatic carbocycles. The standard InChI is InChI=1S/C19H16N2O2/c1-2-10-21-13-15(17-8-3-4-9-18(17)21)12-20-16-7-5-6-14(11-16)19(22)23/h1,3-9,11,13,20H,10,12H2,(H,22,23). The van der Waals surface area contributed by atoms with Crippen molar-refractivity contribution in [3.8, 4) is 12.3 Å². The maximum atomic E-state index is 11.0. The lowest BCUT2D eigenvalue weighted by molar-refractivity contribution is 0.0697. The van der Waals surface area contributed by atoms with Gasteiger partial charge in [-0.3, -0.25) is 0 Å². The van der Waals surface area contributed by atoms with Crippen molar-refractivity contribution < 1.29 is 9.90 Å². The number of anilines is 1. The largest absolute Gasteiger partial charge is 0.478 e. The van der Waals surface area contributed by atoms with Gasteiger partial charge in [-0.05, 0) is 29.8 Å². The quantitative estimate of drug-likeness (QED) is 0.708. The first-order chi connectivity index (χ1) is 11.2. The van der Waals surface area contributed by atoms with Crippen LogP contribution in [-0.4, -0.2) is 15.6 Å². The molecule has 114 valence electrons. The zero-order valence-electron chi connectivity index (χ0n) is 12.5. The molecule has 0 aliphatic heterocycles. The van der Waals surface area contributed by atoms with Crippen LogP contribution in [0.25, 0.3) is 10.9 Å². The Morgan fingerprint density at radius 3 is 2.83 bits per heavy atom. The van der Waals surface area contributed by atoms with Gasteiger partial charge in [0.05, 0.1) is 12.1 Å². The molecule has 0 radical (unpaired) electrons. The van der Waals surface area contributed by atoms with E-state index in [-0.39, 0.29) is 5.56 Å². The highest BCUT2D eigenvalue weighted by Crippen LogP contribution is 2.22. The first-order valence-corrected chi connectivity index (χ1v) is 7.26. The molecule has 0 saturated carbocycles. The fourth-order valence-electron chi connectivity index (χ4n) is 2.65. The second-order valence-corrected chi connectivity index (χ2v) is 5.24. The molecule has 2 N–H and O–H groups in total. The molecular weight excluding hydrogens is 288 g/mol. The van der Waals surface area contributed by atoms with Crippen molar-refractivity contribution in [3.63, 3.8) is 0 Å². The van der Waals surface area contributed by atoms with Crippen LogP contribution in [0.1, 0.15) is 15.9 Å². The van der Waals surface area contributed by atoms with E-state index >= 15 is 0 Å². The Morgan fingerprint density at radius 2 is 2.04 bits per heavy atom. The number of carboxylic acids is 1. The fourth-order valence-corrected chi connectivity index (χ4v) is 2.65. The van der Waals surface area contributed by atoms with Gasteiger partial charge in [-0.15, -0.1) is 6.42 Å². The molecule has 0 aliphatic rings. The first kappa shape index (κ1) is 14.7. The summed E-state index contributed by atoms with van der Waals surface area (Å²) in [6.45, 7) is 1.12. The smallest absolute Gasteiger partial charge is 0.335 e. The van der Waals surface area contributed by atoms with Crippen LogP contribution in [0.5, 0.6) is 0 Å². The summed E-state index contributed by atoms with van der Waals surface area (Å²) in [6, 6.07) is 14.9. The lowest BCUT2D eigenvalue weighted by Crippen LogP contribution is -2.01. The van der Waals surface area contributed by atoms with Crippen LogP contribution in [0.15, 0.2) is 54.7 Å². The highest BCUT2D eigenvalue weighted by molar-refractivity contribution is 5.89. The van der Waals surface area contributed by atoms with E-state index in [2.05, 4.69) is 17.3 Å². The van der Waals surface area contributed by atoms with E-state index in [1.54, 1.807) is 18.2 Å². The number of rotatable bonds is 5. The minimum Gasteiger partial charge on any atom is -0.478 e. The number of hydrogen-bond acceptors (Lipinski definition) is 2.